The van der Waals surface area contributed by atoms with E-state index in [1.54, 1.807) is 31.2 Å². The molecule has 0 saturated carbocycles. The van der Waals surface area contributed by atoms with Gasteiger partial charge in [-0.25, -0.2) is 4.98 Å². The fourth-order valence-corrected chi connectivity index (χ4v) is 2.39. The first-order valence-corrected chi connectivity index (χ1v) is 7.85. The summed E-state index contributed by atoms with van der Waals surface area (Å²) in [6, 6.07) is 10.7. The summed E-state index contributed by atoms with van der Waals surface area (Å²) in [5.74, 6) is 0.0980. The smallest absolute Gasteiger partial charge is 0.387 e. The highest BCUT2D eigenvalue weighted by Crippen LogP contribution is 2.22. The number of aromatic amines is 1. The molecule has 2 aromatic carbocycles. The molecule has 134 valence electrons. The standard InChI is InChI=1S/C18H15F2N3O3/c1-2-15(24)21-11-5-3-10(4-6-11)16-22-14-9-12(26-18(19)20)7-8-13(14)17(25)23-16/h3-9,18H,2H2,1H3,(H,21,24)(H,22,23,25). The molecule has 0 aliphatic heterocycles. The minimum atomic E-state index is -2.96. The maximum absolute atomic E-state index is 12.4. The van der Waals surface area contributed by atoms with E-state index in [-0.39, 0.29) is 28.4 Å². The van der Waals surface area contributed by atoms with Gasteiger partial charge in [-0.1, -0.05) is 6.92 Å². The predicted molar refractivity (Wildman–Crippen MR) is 93.4 cm³/mol. The van der Waals surface area contributed by atoms with Crippen molar-refractivity contribution in [2.75, 3.05) is 5.32 Å². The van der Waals surface area contributed by atoms with Crippen LogP contribution in [0.15, 0.2) is 47.3 Å². The van der Waals surface area contributed by atoms with E-state index in [0.29, 0.717) is 17.7 Å². The van der Waals surface area contributed by atoms with E-state index in [1.165, 1.54) is 18.2 Å². The van der Waals surface area contributed by atoms with Crippen LogP contribution < -0.4 is 15.6 Å². The first kappa shape index (κ1) is 17.5. The monoisotopic (exact) mass is 359 g/mol. The molecule has 8 heteroatoms. The molecule has 3 rings (SSSR count). The topological polar surface area (TPSA) is 84.1 Å². The number of nitrogens with one attached hydrogen (secondary N) is 2. The summed E-state index contributed by atoms with van der Waals surface area (Å²) >= 11 is 0. The van der Waals surface area contributed by atoms with Crippen LogP contribution in [0.1, 0.15) is 13.3 Å². The van der Waals surface area contributed by atoms with Crippen LogP contribution in [0, 0.1) is 0 Å². The molecular weight excluding hydrogens is 344 g/mol. The van der Waals surface area contributed by atoms with Crippen molar-refractivity contribution in [3.05, 3.63) is 52.8 Å². The van der Waals surface area contributed by atoms with Gasteiger partial charge >= 0.3 is 6.61 Å². The van der Waals surface area contributed by atoms with Crippen molar-refractivity contribution >= 4 is 22.5 Å². The van der Waals surface area contributed by atoms with Crippen LogP contribution in [-0.2, 0) is 4.79 Å². The quantitative estimate of drug-likeness (QED) is 0.730. The van der Waals surface area contributed by atoms with Gasteiger partial charge in [-0.15, -0.1) is 0 Å². The van der Waals surface area contributed by atoms with Crippen LogP contribution in [0.5, 0.6) is 5.75 Å². The molecular formula is C18H15F2N3O3. The molecule has 1 heterocycles. The van der Waals surface area contributed by atoms with E-state index in [0.717, 1.165) is 0 Å². The number of fused-ring (bicyclic) bond motifs is 1. The summed E-state index contributed by atoms with van der Waals surface area (Å²) in [4.78, 5) is 30.6. The van der Waals surface area contributed by atoms with Crippen LogP contribution in [-0.4, -0.2) is 22.5 Å². The Hall–Kier alpha value is -3.29. The largest absolute Gasteiger partial charge is 0.435 e. The lowest BCUT2D eigenvalue weighted by atomic mass is 10.1. The van der Waals surface area contributed by atoms with Crippen molar-refractivity contribution in [1.29, 1.82) is 0 Å². The lowest BCUT2D eigenvalue weighted by Gasteiger charge is -2.08. The Labute approximate surface area is 146 Å². The third kappa shape index (κ3) is 3.85. The number of hydrogen-bond acceptors (Lipinski definition) is 4. The van der Waals surface area contributed by atoms with Crippen LogP contribution in [0.25, 0.3) is 22.3 Å². The Bertz CT molecular complexity index is 1000. The molecule has 0 unspecified atom stereocenters. The molecule has 0 aliphatic rings. The third-order valence-electron chi connectivity index (χ3n) is 3.67. The second-order valence-corrected chi connectivity index (χ2v) is 5.45. The lowest BCUT2D eigenvalue weighted by Crippen LogP contribution is -2.11. The number of hydrogen-bond donors (Lipinski definition) is 2. The van der Waals surface area contributed by atoms with Gasteiger partial charge in [0.25, 0.3) is 5.56 Å². The van der Waals surface area contributed by atoms with Crippen LogP contribution >= 0.6 is 0 Å². The van der Waals surface area contributed by atoms with Crippen molar-refractivity contribution in [1.82, 2.24) is 9.97 Å². The van der Waals surface area contributed by atoms with E-state index < -0.39 is 12.2 Å². The van der Waals surface area contributed by atoms with Gasteiger partial charge in [0.2, 0.25) is 5.91 Å². The zero-order valence-corrected chi connectivity index (χ0v) is 13.8. The zero-order chi connectivity index (χ0) is 18.7. The van der Waals surface area contributed by atoms with Crippen LogP contribution in [0.3, 0.4) is 0 Å². The number of halogens is 2. The van der Waals surface area contributed by atoms with Gasteiger partial charge in [-0.2, -0.15) is 8.78 Å². The average Bonchev–Trinajstić information content (AvgIpc) is 2.61. The highest BCUT2D eigenvalue weighted by Gasteiger charge is 2.10. The molecule has 2 N–H and O–H groups in total. The Balaban J connectivity index is 1.96. The van der Waals surface area contributed by atoms with Gasteiger partial charge in [0.15, 0.2) is 0 Å². The van der Waals surface area contributed by atoms with Gasteiger partial charge in [-0.05, 0) is 36.4 Å². The third-order valence-corrected chi connectivity index (χ3v) is 3.67. The Kier molecular flexibility index (Phi) is 4.92. The van der Waals surface area contributed by atoms with Crippen molar-refractivity contribution in [3.63, 3.8) is 0 Å². The molecule has 0 atom stereocenters. The van der Waals surface area contributed by atoms with E-state index in [2.05, 4.69) is 20.0 Å². The summed E-state index contributed by atoms with van der Waals surface area (Å²) < 4.78 is 29.1. The number of carbonyl (C=O) groups excluding carboxylic acids is 1. The maximum atomic E-state index is 12.4. The second-order valence-electron chi connectivity index (χ2n) is 5.45. The number of amides is 1. The van der Waals surface area contributed by atoms with Crippen molar-refractivity contribution < 1.29 is 18.3 Å². The fourth-order valence-electron chi connectivity index (χ4n) is 2.39. The molecule has 6 nitrogen and oxygen atoms in total. The lowest BCUT2D eigenvalue weighted by molar-refractivity contribution is -0.115. The number of benzene rings is 2. The van der Waals surface area contributed by atoms with Crippen LogP contribution in [0.4, 0.5) is 14.5 Å². The number of rotatable bonds is 5. The van der Waals surface area contributed by atoms with Gasteiger partial charge < -0.3 is 15.0 Å². The first-order valence-electron chi connectivity index (χ1n) is 7.85. The van der Waals surface area contributed by atoms with E-state index in [4.69, 9.17) is 0 Å². The summed E-state index contributed by atoms with van der Waals surface area (Å²) in [5, 5.41) is 2.98. The normalized spacial score (nSPS) is 10.9. The van der Waals surface area contributed by atoms with E-state index in [1.807, 2.05) is 0 Å². The number of aromatic nitrogens is 2. The number of carbonyl (C=O) groups is 1. The number of nitrogens with zero attached hydrogens (tertiary/aromatic N) is 1. The minimum absolute atomic E-state index is 0.0748. The SMILES string of the molecule is CCC(=O)Nc1ccc(-c2nc3cc(OC(F)F)ccc3c(=O)[nH]2)cc1. The Morgan fingerprint density at radius 3 is 2.62 bits per heavy atom. The number of ether oxygens (including phenoxy) is 1. The molecule has 1 aromatic heterocycles. The molecule has 0 saturated heterocycles. The fraction of sp³-hybridized carbons (Fsp3) is 0.167. The van der Waals surface area contributed by atoms with Crippen molar-refractivity contribution in [2.24, 2.45) is 0 Å². The van der Waals surface area contributed by atoms with Crippen molar-refractivity contribution in [3.8, 4) is 17.1 Å². The summed E-state index contributed by atoms with van der Waals surface area (Å²) in [6.45, 7) is -1.21. The molecule has 3 aromatic rings. The molecule has 26 heavy (non-hydrogen) atoms. The first-order chi connectivity index (χ1) is 12.5. The Morgan fingerprint density at radius 2 is 1.96 bits per heavy atom. The van der Waals surface area contributed by atoms with E-state index in [9.17, 15) is 18.4 Å². The maximum Gasteiger partial charge on any atom is 0.387 e. The van der Waals surface area contributed by atoms with E-state index >= 15 is 0 Å². The molecule has 0 aliphatic carbocycles. The van der Waals surface area contributed by atoms with Gasteiger partial charge in [-0.3, -0.25) is 9.59 Å². The van der Waals surface area contributed by atoms with Gasteiger partial charge in [0.1, 0.15) is 11.6 Å². The minimum Gasteiger partial charge on any atom is -0.435 e. The van der Waals surface area contributed by atoms with Crippen molar-refractivity contribution in [2.45, 2.75) is 20.0 Å². The second kappa shape index (κ2) is 7.30. The molecule has 1 amide bonds. The molecule has 0 fully saturated rings. The van der Waals surface area contributed by atoms with Crippen LogP contribution in [0.2, 0.25) is 0 Å². The zero-order valence-electron chi connectivity index (χ0n) is 13.8. The molecule has 0 bridgehead atoms. The number of alkyl halides is 2. The number of anilines is 1. The highest BCUT2D eigenvalue weighted by molar-refractivity contribution is 5.90. The Morgan fingerprint density at radius 1 is 1.23 bits per heavy atom. The summed E-state index contributed by atoms with van der Waals surface area (Å²) in [5.41, 5.74) is 1.08. The molecule has 0 spiro atoms. The average molecular weight is 359 g/mol. The summed E-state index contributed by atoms with van der Waals surface area (Å²) in [6.07, 6.45) is 0.365. The van der Waals surface area contributed by atoms with Gasteiger partial charge in [0.05, 0.1) is 10.9 Å². The highest BCUT2D eigenvalue weighted by atomic mass is 19.3. The number of H-pyrrole nitrogens is 1. The molecule has 0 radical (unpaired) electrons. The predicted octanol–water partition coefficient (Wildman–Crippen LogP) is 3.54. The van der Waals surface area contributed by atoms with Gasteiger partial charge in [0, 0.05) is 23.7 Å². The summed E-state index contributed by atoms with van der Waals surface area (Å²) in [7, 11) is 0.